The van der Waals surface area contributed by atoms with Crippen LogP contribution in [0.4, 0.5) is 0 Å². The Bertz CT molecular complexity index is 566. The molecule has 1 aliphatic rings. The van der Waals surface area contributed by atoms with E-state index in [1.807, 2.05) is 42.5 Å². The van der Waals surface area contributed by atoms with Crippen LogP contribution in [0.2, 0.25) is 0 Å². The van der Waals surface area contributed by atoms with Crippen LogP contribution in [-0.2, 0) is 10.0 Å². The van der Waals surface area contributed by atoms with Crippen molar-refractivity contribution in [2.24, 2.45) is 0 Å². The predicted molar refractivity (Wildman–Crippen MR) is 93.1 cm³/mol. The molecular weight excluding hydrogens is 294 g/mol. The van der Waals surface area contributed by atoms with Gasteiger partial charge < -0.3 is 0 Å². The Hall–Kier alpha value is -1.13. The van der Waals surface area contributed by atoms with Crippen LogP contribution in [0.1, 0.15) is 51.0 Å². The zero-order valence-corrected chi connectivity index (χ0v) is 14.3. The molecule has 1 fully saturated rings. The van der Waals surface area contributed by atoms with E-state index in [2.05, 4.69) is 6.92 Å². The lowest BCUT2D eigenvalue weighted by atomic mass is 10.1. The lowest BCUT2D eigenvalue weighted by molar-refractivity contribution is 0.341. The second kappa shape index (κ2) is 8.49. The van der Waals surface area contributed by atoms with E-state index >= 15 is 0 Å². The molecular formula is C18H27NO2S. The van der Waals surface area contributed by atoms with Gasteiger partial charge in [-0.15, -0.1) is 0 Å². The third kappa shape index (κ3) is 4.96. The van der Waals surface area contributed by atoms with Crippen molar-refractivity contribution >= 4 is 16.1 Å². The van der Waals surface area contributed by atoms with Crippen molar-refractivity contribution < 1.29 is 8.42 Å². The van der Waals surface area contributed by atoms with Crippen molar-refractivity contribution in [3.8, 4) is 0 Å². The zero-order chi connectivity index (χ0) is 15.8. The molecule has 1 saturated heterocycles. The first-order valence-electron chi connectivity index (χ1n) is 8.34. The van der Waals surface area contributed by atoms with Crippen molar-refractivity contribution in [1.29, 1.82) is 0 Å². The summed E-state index contributed by atoms with van der Waals surface area (Å²) in [4.78, 5) is 0. The van der Waals surface area contributed by atoms with Crippen molar-refractivity contribution in [1.82, 2.24) is 4.31 Å². The number of benzene rings is 1. The minimum Gasteiger partial charge on any atom is -0.212 e. The topological polar surface area (TPSA) is 37.4 Å². The Balaban J connectivity index is 1.91. The molecule has 1 heterocycles. The van der Waals surface area contributed by atoms with E-state index in [1.54, 1.807) is 4.31 Å². The highest BCUT2D eigenvalue weighted by atomic mass is 32.2. The molecule has 0 unspecified atom stereocenters. The molecule has 1 aromatic carbocycles. The highest BCUT2D eigenvalue weighted by Gasteiger charge is 2.35. The van der Waals surface area contributed by atoms with E-state index in [9.17, 15) is 8.42 Å². The van der Waals surface area contributed by atoms with Gasteiger partial charge >= 0.3 is 0 Å². The summed E-state index contributed by atoms with van der Waals surface area (Å²) in [6.07, 6.45) is 10.6. The van der Waals surface area contributed by atoms with Gasteiger partial charge in [0.05, 0.1) is 5.75 Å². The van der Waals surface area contributed by atoms with Crippen molar-refractivity contribution in [2.75, 3.05) is 12.3 Å². The first-order chi connectivity index (χ1) is 10.6. The minimum atomic E-state index is -3.05. The molecule has 0 saturated carbocycles. The van der Waals surface area contributed by atoms with Crippen molar-refractivity contribution in [3.05, 3.63) is 42.0 Å². The normalized spacial score (nSPS) is 21.6. The SMILES string of the molecule is CCCCCC[C@@H]1CCS(=O)(=O)N1C/C=C/c1ccccc1. The molecule has 0 amide bonds. The lowest BCUT2D eigenvalue weighted by Crippen LogP contribution is -2.33. The van der Waals surface area contributed by atoms with Crippen LogP contribution < -0.4 is 0 Å². The quantitative estimate of drug-likeness (QED) is 0.677. The van der Waals surface area contributed by atoms with Crippen molar-refractivity contribution in [3.63, 3.8) is 0 Å². The summed E-state index contributed by atoms with van der Waals surface area (Å²) in [5.74, 6) is 0.310. The van der Waals surface area contributed by atoms with E-state index < -0.39 is 10.0 Å². The van der Waals surface area contributed by atoms with Gasteiger partial charge in [-0.1, -0.05) is 75.1 Å². The van der Waals surface area contributed by atoms with Crippen LogP contribution in [0, 0.1) is 0 Å². The number of hydrogen-bond donors (Lipinski definition) is 0. The Morgan fingerprint density at radius 3 is 2.68 bits per heavy atom. The molecule has 0 N–H and O–H groups in total. The summed E-state index contributed by atoms with van der Waals surface area (Å²) in [5.41, 5.74) is 1.11. The fourth-order valence-corrected chi connectivity index (χ4v) is 4.77. The number of nitrogens with zero attached hydrogens (tertiary/aromatic N) is 1. The third-order valence-corrected chi connectivity index (χ3v) is 6.17. The molecule has 0 aliphatic carbocycles. The van der Waals surface area contributed by atoms with E-state index in [0.717, 1.165) is 24.8 Å². The van der Waals surface area contributed by atoms with Crippen LogP contribution in [0.15, 0.2) is 36.4 Å². The molecule has 1 atom stereocenters. The molecule has 0 radical (unpaired) electrons. The molecule has 3 nitrogen and oxygen atoms in total. The Morgan fingerprint density at radius 2 is 1.95 bits per heavy atom. The lowest BCUT2D eigenvalue weighted by Gasteiger charge is -2.21. The van der Waals surface area contributed by atoms with Crippen LogP contribution >= 0.6 is 0 Å². The van der Waals surface area contributed by atoms with Crippen LogP contribution in [0.5, 0.6) is 0 Å². The monoisotopic (exact) mass is 321 g/mol. The third-order valence-electron chi connectivity index (χ3n) is 4.26. The maximum atomic E-state index is 12.2. The zero-order valence-electron chi connectivity index (χ0n) is 13.4. The first-order valence-corrected chi connectivity index (χ1v) is 9.95. The van der Waals surface area contributed by atoms with Gasteiger partial charge in [-0.2, -0.15) is 4.31 Å². The predicted octanol–water partition coefficient (Wildman–Crippen LogP) is 4.07. The molecule has 0 bridgehead atoms. The van der Waals surface area contributed by atoms with Crippen molar-refractivity contribution in [2.45, 2.75) is 51.5 Å². The smallest absolute Gasteiger partial charge is 0.212 e. The van der Waals surface area contributed by atoms with Gasteiger partial charge in [0, 0.05) is 12.6 Å². The molecule has 0 spiro atoms. The van der Waals surface area contributed by atoms with Crippen LogP contribution in [-0.4, -0.2) is 31.1 Å². The summed E-state index contributed by atoms with van der Waals surface area (Å²) in [5, 5.41) is 0. The van der Waals surface area contributed by atoms with Crippen LogP contribution in [0.3, 0.4) is 0 Å². The van der Waals surface area contributed by atoms with E-state index in [1.165, 1.54) is 19.3 Å². The molecule has 4 heteroatoms. The second-order valence-electron chi connectivity index (χ2n) is 5.99. The minimum absolute atomic E-state index is 0.197. The van der Waals surface area contributed by atoms with Gasteiger partial charge in [0.1, 0.15) is 0 Å². The average Bonchev–Trinajstić information content (AvgIpc) is 2.80. The summed E-state index contributed by atoms with van der Waals surface area (Å²) in [6, 6.07) is 10.2. The van der Waals surface area contributed by atoms with E-state index in [-0.39, 0.29) is 6.04 Å². The fourth-order valence-electron chi connectivity index (χ4n) is 2.99. The van der Waals surface area contributed by atoms with E-state index in [4.69, 9.17) is 0 Å². The summed E-state index contributed by atoms with van der Waals surface area (Å²) < 4.78 is 26.1. The highest BCUT2D eigenvalue weighted by molar-refractivity contribution is 7.89. The number of sulfonamides is 1. The van der Waals surface area contributed by atoms with Gasteiger partial charge in [0.25, 0.3) is 0 Å². The van der Waals surface area contributed by atoms with Gasteiger partial charge in [-0.3, -0.25) is 0 Å². The standard InChI is InChI=1S/C18H27NO2S/c1-2-3-4-8-13-18-14-16-22(20,21)19(18)15-9-12-17-10-6-5-7-11-17/h5-7,9-12,18H,2-4,8,13-16H2,1H3/b12-9+/t18-/m1/s1. The Morgan fingerprint density at radius 1 is 1.18 bits per heavy atom. The molecule has 22 heavy (non-hydrogen) atoms. The van der Waals surface area contributed by atoms with E-state index in [0.29, 0.717) is 12.3 Å². The van der Waals surface area contributed by atoms with Gasteiger partial charge in [-0.05, 0) is 18.4 Å². The highest BCUT2D eigenvalue weighted by Crippen LogP contribution is 2.25. The van der Waals surface area contributed by atoms with Gasteiger partial charge in [-0.25, -0.2) is 8.42 Å². The fraction of sp³-hybridized carbons (Fsp3) is 0.556. The average molecular weight is 321 g/mol. The largest absolute Gasteiger partial charge is 0.214 e. The second-order valence-corrected chi connectivity index (χ2v) is 8.03. The molecule has 1 aliphatic heterocycles. The number of unbranched alkanes of at least 4 members (excludes halogenated alkanes) is 3. The molecule has 122 valence electrons. The van der Waals surface area contributed by atoms with Gasteiger partial charge in [0.2, 0.25) is 10.0 Å². The maximum Gasteiger partial charge on any atom is 0.214 e. The van der Waals surface area contributed by atoms with Crippen LogP contribution in [0.25, 0.3) is 6.08 Å². The molecule has 2 rings (SSSR count). The summed E-state index contributed by atoms with van der Waals surface area (Å²) >= 11 is 0. The summed E-state index contributed by atoms with van der Waals surface area (Å²) in [7, 11) is -3.05. The first kappa shape index (κ1) is 17.2. The number of rotatable bonds is 8. The Kier molecular flexibility index (Phi) is 6.65. The van der Waals surface area contributed by atoms with Gasteiger partial charge in [0.15, 0.2) is 0 Å². The summed E-state index contributed by atoms with van der Waals surface area (Å²) in [6.45, 7) is 2.69. The maximum absolute atomic E-state index is 12.2. The number of hydrogen-bond acceptors (Lipinski definition) is 2. The molecule has 0 aromatic heterocycles. The molecule has 1 aromatic rings. The Labute approximate surface area is 135 Å².